The standard InChI is InChI=1S/C18H26FNO3/c1-4-5-6-10-23-18(22)16(11-13(2)3)20-17(21)14-8-7-9-15(19)12-14/h7-9,12-13,16H,4-6,10-11H2,1-3H3,(H,20,21). The van der Waals surface area contributed by atoms with E-state index in [2.05, 4.69) is 12.2 Å². The van der Waals surface area contributed by atoms with E-state index in [0.717, 1.165) is 25.3 Å². The van der Waals surface area contributed by atoms with Gasteiger partial charge in [0.1, 0.15) is 11.9 Å². The van der Waals surface area contributed by atoms with E-state index in [1.807, 2.05) is 13.8 Å². The fourth-order valence-electron chi connectivity index (χ4n) is 2.18. The highest BCUT2D eigenvalue weighted by atomic mass is 19.1. The molecule has 0 fully saturated rings. The summed E-state index contributed by atoms with van der Waals surface area (Å²) in [6, 6.07) is 4.67. The van der Waals surface area contributed by atoms with Crippen molar-refractivity contribution in [3.63, 3.8) is 0 Å². The fraction of sp³-hybridized carbons (Fsp3) is 0.556. The first-order chi connectivity index (χ1) is 10.9. The second-order valence-corrected chi connectivity index (χ2v) is 6.04. The molecule has 23 heavy (non-hydrogen) atoms. The minimum Gasteiger partial charge on any atom is -0.464 e. The van der Waals surface area contributed by atoms with Crippen molar-refractivity contribution in [3.05, 3.63) is 35.6 Å². The summed E-state index contributed by atoms with van der Waals surface area (Å²) in [6.07, 6.45) is 3.34. The molecule has 1 unspecified atom stereocenters. The van der Waals surface area contributed by atoms with E-state index in [0.29, 0.717) is 13.0 Å². The predicted octanol–water partition coefficient (Wildman–Crippen LogP) is 3.70. The Labute approximate surface area is 137 Å². The Morgan fingerprint density at radius 1 is 1.26 bits per heavy atom. The van der Waals surface area contributed by atoms with Crippen LogP contribution in [0.2, 0.25) is 0 Å². The monoisotopic (exact) mass is 323 g/mol. The van der Waals surface area contributed by atoms with Gasteiger partial charge < -0.3 is 10.1 Å². The van der Waals surface area contributed by atoms with Crippen LogP contribution in [0.4, 0.5) is 4.39 Å². The largest absolute Gasteiger partial charge is 0.464 e. The number of unbranched alkanes of at least 4 members (excludes halogenated alkanes) is 2. The van der Waals surface area contributed by atoms with E-state index < -0.39 is 23.7 Å². The lowest BCUT2D eigenvalue weighted by Gasteiger charge is -2.19. The van der Waals surface area contributed by atoms with Crippen LogP contribution in [-0.4, -0.2) is 24.5 Å². The van der Waals surface area contributed by atoms with Crippen molar-refractivity contribution in [2.75, 3.05) is 6.61 Å². The van der Waals surface area contributed by atoms with Crippen LogP contribution >= 0.6 is 0 Å². The van der Waals surface area contributed by atoms with E-state index in [1.165, 1.54) is 18.2 Å². The number of benzene rings is 1. The molecule has 1 aromatic rings. The highest BCUT2D eigenvalue weighted by Gasteiger charge is 2.24. The van der Waals surface area contributed by atoms with Crippen molar-refractivity contribution in [2.24, 2.45) is 5.92 Å². The molecule has 0 bridgehead atoms. The molecule has 1 N–H and O–H groups in total. The second kappa shape index (κ2) is 9.98. The van der Waals surface area contributed by atoms with Crippen molar-refractivity contribution >= 4 is 11.9 Å². The molecule has 1 atom stereocenters. The van der Waals surface area contributed by atoms with Crippen molar-refractivity contribution in [1.29, 1.82) is 0 Å². The first-order valence-corrected chi connectivity index (χ1v) is 8.17. The van der Waals surface area contributed by atoms with Crippen LogP contribution in [-0.2, 0) is 9.53 Å². The highest BCUT2D eigenvalue weighted by Crippen LogP contribution is 2.10. The predicted molar refractivity (Wildman–Crippen MR) is 87.6 cm³/mol. The van der Waals surface area contributed by atoms with Crippen LogP contribution in [0, 0.1) is 11.7 Å². The molecule has 0 aliphatic heterocycles. The summed E-state index contributed by atoms with van der Waals surface area (Å²) in [6.45, 7) is 6.36. The van der Waals surface area contributed by atoms with Gasteiger partial charge in [-0.25, -0.2) is 9.18 Å². The average molecular weight is 323 g/mol. The van der Waals surface area contributed by atoms with Gasteiger partial charge in [-0.2, -0.15) is 0 Å². The van der Waals surface area contributed by atoms with Gasteiger partial charge in [-0.3, -0.25) is 4.79 Å². The molecule has 1 aromatic carbocycles. The normalized spacial score (nSPS) is 12.0. The van der Waals surface area contributed by atoms with E-state index >= 15 is 0 Å². The van der Waals surface area contributed by atoms with Crippen LogP contribution in [0.3, 0.4) is 0 Å². The van der Waals surface area contributed by atoms with Crippen molar-refractivity contribution in [3.8, 4) is 0 Å². The molecule has 0 saturated carbocycles. The zero-order valence-corrected chi connectivity index (χ0v) is 14.1. The van der Waals surface area contributed by atoms with Gasteiger partial charge in [0.25, 0.3) is 5.91 Å². The lowest BCUT2D eigenvalue weighted by molar-refractivity contribution is -0.146. The number of amides is 1. The minimum atomic E-state index is -0.715. The minimum absolute atomic E-state index is 0.192. The summed E-state index contributed by atoms with van der Waals surface area (Å²) in [7, 11) is 0. The van der Waals surface area contributed by atoms with Gasteiger partial charge in [0.05, 0.1) is 6.61 Å². The maximum atomic E-state index is 13.2. The summed E-state index contributed by atoms with van der Waals surface area (Å²) in [4.78, 5) is 24.3. The molecular formula is C18H26FNO3. The molecule has 1 rings (SSSR count). The third-order valence-electron chi connectivity index (χ3n) is 3.38. The Morgan fingerprint density at radius 3 is 2.61 bits per heavy atom. The number of hydrogen-bond donors (Lipinski definition) is 1. The molecule has 4 nitrogen and oxygen atoms in total. The van der Waals surface area contributed by atoms with Gasteiger partial charge >= 0.3 is 5.97 Å². The average Bonchev–Trinajstić information content (AvgIpc) is 2.50. The zero-order chi connectivity index (χ0) is 17.2. The van der Waals surface area contributed by atoms with E-state index in [4.69, 9.17) is 4.74 Å². The Hall–Kier alpha value is -1.91. The number of carbonyl (C=O) groups excluding carboxylic acids is 2. The topological polar surface area (TPSA) is 55.4 Å². The molecular weight excluding hydrogens is 297 g/mol. The lowest BCUT2D eigenvalue weighted by atomic mass is 10.0. The van der Waals surface area contributed by atoms with Crippen LogP contribution < -0.4 is 5.32 Å². The number of nitrogens with one attached hydrogen (secondary N) is 1. The summed E-state index contributed by atoms with van der Waals surface area (Å²) in [5, 5.41) is 2.65. The van der Waals surface area contributed by atoms with Crippen LogP contribution in [0.5, 0.6) is 0 Å². The SMILES string of the molecule is CCCCCOC(=O)C(CC(C)C)NC(=O)c1cccc(F)c1. The summed E-state index contributed by atoms with van der Waals surface area (Å²) in [5.41, 5.74) is 0.192. The van der Waals surface area contributed by atoms with Gasteiger partial charge in [-0.05, 0) is 37.0 Å². The van der Waals surface area contributed by atoms with Crippen molar-refractivity contribution < 1.29 is 18.7 Å². The number of halogens is 1. The van der Waals surface area contributed by atoms with Crippen molar-refractivity contribution in [2.45, 2.75) is 52.5 Å². The molecule has 128 valence electrons. The lowest BCUT2D eigenvalue weighted by Crippen LogP contribution is -2.42. The number of esters is 1. The summed E-state index contributed by atoms with van der Waals surface area (Å²) in [5.74, 6) is -1.17. The Balaban J connectivity index is 2.66. The molecule has 0 aliphatic carbocycles. The Morgan fingerprint density at radius 2 is 2.00 bits per heavy atom. The smallest absolute Gasteiger partial charge is 0.328 e. The van der Waals surface area contributed by atoms with E-state index in [1.54, 1.807) is 0 Å². The number of carbonyl (C=O) groups is 2. The first-order valence-electron chi connectivity index (χ1n) is 8.17. The number of rotatable bonds is 9. The first kappa shape index (κ1) is 19.1. The van der Waals surface area contributed by atoms with Gasteiger partial charge in [-0.15, -0.1) is 0 Å². The summed E-state index contributed by atoms with van der Waals surface area (Å²) >= 11 is 0. The number of ether oxygens (including phenoxy) is 1. The molecule has 0 aromatic heterocycles. The van der Waals surface area contributed by atoms with Gasteiger partial charge in [-0.1, -0.05) is 39.7 Å². The van der Waals surface area contributed by atoms with Crippen molar-refractivity contribution in [1.82, 2.24) is 5.32 Å². The fourth-order valence-corrected chi connectivity index (χ4v) is 2.18. The molecule has 0 aliphatic rings. The van der Waals surface area contributed by atoms with Gasteiger partial charge in [0.2, 0.25) is 0 Å². The Kier molecular flexibility index (Phi) is 8.30. The summed E-state index contributed by atoms with van der Waals surface area (Å²) < 4.78 is 18.4. The third kappa shape index (κ3) is 7.26. The van der Waals surface area contributed by atoms with Gasteiger partial charge in [0.15, 0.2) is 0 Å². The van der Waals surface area contributed by atoms with Crippen LogP contribution in [0.1, 0.15) is 56.8 Å². The molecule has 0 heterocycles. The highest BCUT2D eigenvalue weighted by molar-refractivity contribution is 5.96. The van der Waals surface area contributed by atoms with Gasteiger partial charge in [0, 0.05) is 5.56 Å². The van der Waals surface area contributed by atoms with Crippen LogP contribution in [0.25, 0.3) is 0 Å². The van der Waals surface area contributed by atoms with Crippen LogP contribution in [0.15, 0.2) is 24.3 Å². The van der Waals surface area contributed by atoms with E-state index in [-0.39, 0.29) is 11.5 Å². The Bertz CT molecular complexity index is 517. The maximum absolute atomic E-state index is 13.2. The van der Waals surface area contributed by atoms with E-state index in [9.17, 15) is 14.0 Å². The molecule has 5 heteroatoms. The number of hydrogen-bond acceptors (Lipinski definition) is 3. The third-order valence-corrected chi connectivity index (χ3v) is 3.38. The quantitative estimate of drug-likeness (QED) is 0.557. The molecule has 1 amide bonds. The zero-order valence-electron chi connectivity index (χ0n) is 14.1. The molecule has 0 spiro atoms. The molecule has 0 saturated heterocycles. The molecule has 0 radical (unpaired) electrons. The maximum Gasteiger partial charge on any atom is 0.328 e. The second-order valence-electron chi connectivity index (χ2n) is 6.04.